The van der Waals surface area contributed by atoms with Crippen LogP contribution in [0, 0.1) is 5.92 Å². The number of nitrogens with one attached hydrogen (secondary N) is 1. The summed E-state index contributed by atoms with van der Waals surface area (Å²) in [5.41, 5.74) is 0. The fraction of sp³-hybridized carbons (Fsp3) is 0.500. The molecule has 1 heterocycles. The van der Waals surface area contributed by atoms with E-state index in [9.17, 15) is 0 Å². The van der Waals surface area contributed by atoms with Gasteiger partial charge in [-0.2, -0.15) is 0 Å². The largest absolute Gasteiger partial charge is 0.396 e. The molecular weight excluding hydrogens is 244 g/mol. The summed E-state index contributed by atoms with van der Waals surface area (Å²) in [4.78, 5) is 4.19. The summed E-state index contributed by atoms with van der Waals surface area (Å²) < 4.78 is 0.978. The van der Waals surface area contributed by atoms with E-state index in [1.807, 2.05) is 12.1 Å². The van der Waals surface area contributed by atoms with Gasteiger partial charge in [0, 0.05) is 23.8 Å². The number of halogens is 1. The minimum atomic E-state index is 0.247. The molecule has 2 N–H and O–H groups in total. The molecule has 0 aromatic carbocycles. The molecule has 1 unspecified atom stereocenters. The molecule has 0 spiro atoms. The van der Waals surface area contributed by atoms with Gasteiger partial charge < -0.3 is 10.4 Å². The van der Waals surface area contributed by atoms with Gasteiger partial charge in [-0.25, -0.2) is 4.98 Å². The third-order valence-electron chi connectivity index (χ3n) is 1.98. The zero-order valence-corrected chi connectivity index (χ0v) is 9.79. The number of anilines is 1. The Balaban J connectivity index is 2.34. The lowest BCUT2D eigenvalue weighted by Crippen LogP contribution is -2.13. The van der Waals surface area contributed by atoms with E-state index in [1.54, 1.807) is 6.20 Å². The van der Waals surface area contributed by atoms with Crippen molar-refractivity contribution in [3.8, 4) is 0 Å². The van der Waals surface area contributed by atoms with Crippen LogP contribution in [0.2, 0.25) is 0 Å². The first-order chi connectivity index (χ1) is 6.72. The van der Waals surface area contributed by atoms with Crippen molar-refractivity contribution in [1.29, 1.82) is 0 Å². The van der Waals surface area contributed by atoms with Crippen molar-refractivity contribution in [2.75, 3.05) is 18.5 Å². The van der Waals surface area contributed by atoms with Crippen LogP contribution in [0.4, 0.5) is 5.82 Å². The van der Waals surface area contributed by atoms with E-state index in [1.165, 1.54) is 0 Å². The monoisotopic (exact) mass is 258 g/mol. The Bertz CT molecular complexity index is 263. The average Bonchev–Trinajstić information content (AvgIpc) is 2.17. The minimum Gasteiger partial charge on any atom is -0.396 e. The zero-order chi connectivity index (χ0) is 10.4. The third-order valence-corrected chi connectivity index (χ3v) is 2.45. The van der Waals surface area contributed by atoms with Gasteiger partial charge in [-0.15, -0.1) is 0 Å². The molecule has 0 aliphatic heterocycles. The summed E-state index contributed by atoms with van der Waals surface area (Å²) in [5, 5.41) is 11.9. The van der Waals surface area contributed by atoms with Crippen LogP contribution in [0.3, 0.4) is 0 Å². The van der Waals surface area contributed by atoms with E-state index >= 15 is 0 Å². The highest BCUT2D eigenvalue weighted by molar-refractivity contribution is 9.10. The Morgan fingerprint density at radius 3 is 2.93 bits per heavy atom. The van der Waals surface area contributed by atoms with Crippen molar-refractivity contribution >= 4 is 21.7 Å². The van der Waals surface area contributed by atoms with Crippen molar-refractivity contribution in [3.05, 3.63) is 22.8 Å². The molecule has 3 nitrogen and oxygen atoms in total. The second-order valence-electron chi connectivity index (χ2n) is 3.36. The number of hydrogen-bond donors (Lipinski definition) is 2. The highest BCUT2D eigenvalue weighted by atomic mass is 79.9. The fourth-order valence-corrected chi connectivity index (χ4v) is 1.32. The number of pyridine rings is 1. The van der Waals surface area contributed by atoms with Gasteiger partial charge in [-0.1, -0.05) is 6.92 Å². The number of rotatable bonds is 5. The van der Waals surface area contributed by atoms with Gasteiger partial charge >= 0.3 is 0 Å². The van der Waals surface area contributed by atoms with Gasteiger partial charge in [0.1, 0.15) is 5.82 Å². The predicted molar refractivity (Wildman–Crippen MR) is 61.3 cm³/mol. The molecule has 4 heteroatoms. The van der Waals surface area contributed by atoms with Crippen molar-refractivity contribution < 1.29 is 5.11 Å². The Labute approximate surface area is 92.7 Å². The van der Waals surface area contributed by atoms with Crippen LogP contribution in [-0.4, -0.2) is 23.2 Å². The molecule has 0 bridgehead atoms. The summed E-state index contributed by atoms with van der Waals surface area (Å²) >= 11 is 3.33. The Kier molecular flexibility index (Phi) is 4.90. The fourth-order valence-electron chi connectivity index (χ4n) is 1.08. The highest BCUT2D eigenvalue weighted by Gasteiger charge is 2.00. The lowest BCUT2D eigenvalue weighted by Gasteiger charge is -2.11. The number of nitrogens with zero attached hydrogens (tertiary/aromatic N) is 1. The molecule has 0 aliphatic rings. The number of aliphatic hydroxyl groups excluding tert-OH is 1. The molecule has 0 fully saturated rings. The van der Waals surface area contributed by atoms with Crippen LogP contribution in [0.1, 0.15) is 13.3 Å². The molecule has 1 atom stereocenters. The lowest BCUT2D eigenvalue weighted by molar-refractivity contribution is 0.266. The van der Waals surface area contributed by atoms with Crippen molar-refractivity contribution in [1.82, 2.24) is 4.98 Å². The van der Waals surface area contributed by atoms with Crippen LogP contribution in [-0.2, 0) is 0 Å². The summed E-state index contributed by atoms with van der Waals surface area (Å²) in [7, 11) is 0. The Morgan fingerprint density at radius 1 is 1.57 bits per heavy atom. The third kappa shape index (κ3) is 4.07. The molecule has 78 valence electrons. The molecule has 0 amide bonds. The molecule has 14 heavy (non-hydrogen) atoms. The molecule has 1 aromatic rings. The summed E-state index contributed by atoms with van der Waals surface area (Å²) in [6.45, 7) is 3.19. The van der Waals surface area contributed by atoms with E-state index in [2.05, 4.69) is 33.2 Å². The molecular formula is C10H15BrN2O. The zero-order valence-electron chi connectivity index (χ0n) is 8.20. The SMILES string of the molecule is CC(CCO)CNc1ccc(Br)cn1. The molecule has 0 saturated carbocycles. The van der Waals surface area contributed by atoms with Gasteiger partial charge in [0.2, 0.25) is 0 Å². The molecule has 0 saturated heterocycles. The average molecular weight is 259 g/mol. The van der Waals surface area contributed by atoms with Gasteiger partial charge in [0.25, 0.3) is 0 Å². The first-order valence-electron chi connectivity index (χ1n) is 4.68. The smallest absolute Gasteiger partial charge is 0.125 e. The van der Waals surface area contributed by atoms with E-state index in [0.717, 1.165) is 23.3 Å². The Hall–Kier alpha value is -0.610. The molecule has 0 radical (unpaired) electrons. The van der Waals surface area contributed by atoms with E-state index in [4.69, 9.17) is 5.11 Å². The van der Waals surface area contributed by atoms with E-state index in [0.29, 0.717) is 5.92 Å². The van der Waals surface area contributed by atoms with Crippen molar-refractivity contribution in [3.63, 3.8) is 0 Å². The predicted octanol–water partition coefficient (Wildman–Crippen LogP) is 2.27. The standard InChI is InChI=1S/C10H15BrN2O/c1-8(4-5-14)6-12-10-3-2-9(11)7-13-10/h2-3,7-8,14H,4-6H2,1H3,(H,12,13). The van der Waals surface area contributed by atoms with Crippen LogP contribution in [0.15, 0.2) is 22.8 Å². The molecule has 1 aromatic heterocycles. The second-order valence-corrected chi connectivity index (χ2v) is 4.28. The van der Waals surface area contributed by atoms with Gasteiger partial charge in [-0.3, -0.25) is 0 Å². The topological polar surface area (TPSA) is 45.1 Å². The van der Waals surface area contributed by atoms with Gasteiger partial charge in [0.15, 0.2) is 0 Å². The maximum Gasteiger partial charge on any atom is 0.125 e. The van der Waals surface area contributed by atoms with Crippen molar-refractivity contribution in [2.45, 2.75) is 13.3 Å². The van der Waals surface area contributed by atoms with Crippen LogP contribution in [0.5, 0.6) is 0 Å². The first kappa shape index (κ1) is 11.5. The summed E-state index contributed by atoms with van der Waals surface area (Å²) in [6, 6.07) is 3.88. The van der Waals surface area contributed by atoms with Crippen molar-refractivity contribution in [2.24, 2.45) is 5.92 Å². The second kappa shape index (κ2) is 5.98. The molecule has 0 aliphatic carbocycles. The Morgan fingerprint density at radius 2 is 2.36 bits per heavy atom. The number of aromatic nitrogens is 1. The summed E-state index contributed by atoms with van der Waals surface area (Å²) in [5.74, 6) is 1.34. The minimum absolute atomic E-state index is 0.247. The normalized spacial score (nSPS) is 12.5. The number of hydrogen-bond acceptors (Lipinski definition) is 3. The van der Waals surface area contributed by atoms with Gasteiger partial charge in [-0.05, 0) is 40.4 Å². The molecule has 1 rings (SSSR count). The van der Waals surface area contributed by atoms with Crippen LogP contribution < -0.4 is 5.32 Å². The van der Waals surface area contributed by atoms with Crippen LogP contribution in [0.25, 0.3) is 0 Å². The maximum absolute atomic E-state index is 8.72. The lowest BCUT2D eigenvalue weighted by atomic mass is 10.1. The number of aliphatic hydroxyl groups is 1. The van der Waals surface area contributed by atoms with Crippen LogP contribution >= 0.6 is 15.9 Å². The van der Waals surface area contributed by atoms with E-state index < -0.39 is 0 Å². The maximum atomic E-state index is 8.72. The summed E-state index contributed by atoms with van der Waals surface area (Å²) in [6.07, 6.45) is 2.59. The van der Waals surface area contributed by atoms with E-state index in [-0.39, 0.29) is 6.61 Å². The quantitative estimate of drug-likeness (QED) is 0.852. The highest BCUT2D eigenvalue weighted by Crippen LogP contribution is 2.11. The first-order valence-corrected chi connectivity index (χ1v) is 5.48. The van der Waals surface area contributed by atoms with Gasteiger partial charge in [0.05, 0.1) is 0 Å².